The van der Waals surface area contributed by atoms with Crippen molar-refractivity contribution in [1.29, 1.82) is 0 Å². The second-order valence-electron chi connectivity index (χ2n) is 5.66. The zero-order valence-electron chi connectivity index (χ0n) is 12.3. The predicted octanol–water partition coefficient (Wildman–Crippen LogP) is 3.90. The van der Waals surface area contributed by atoms with Gasteiger partial charge in [0, 0.05) is 12.5 Å². The predicted molar refractivity (Wildman–Crippen MR) is 80.8 cm³/mol. The highest BCUT2D eigenvalue weighted by molar-refractivity contribution is 5.77. The zero-order chi connectivity index (χ0) is 13.9. The second-order valence-corrected chi connectivity index (χ2v) is 5.66. The molecule has 20 heavy (non-hydrogen) atoms. The minimum Gasteiger partial charge on any atom is -0.459 e. The minimum absolute atomic E-state index is 0.153. The van der Waals surface area contributed by atoms with Crippen LogP contribution in [0.2, 0.25) is 0 Å². The van der Waals surface area contributed by atoms with Crippen molar-refractivity contribution in [3.05, 3.63) is 36.1 Å². The molecule has 2 atom stereocenters. The van der Waals surface area contributed by atoms with Crippen LogP contribution in [-0.4, -0.2) is 19.8 Å². The van der Waals surface area contributed by atoms with Crippen LogP contribution < -0.4 is 5.32 Å². The number of fused-ring (bicyclic) bond motifs is 1. The van der Waals surface area contributed by atoms with Crippen LogP contribution in [0.15, 0.2) is 34.7 Å². The van der Waals surface area contributed by atoms with E-state index >= 15 is 0 Å². The summed E-state index contributed by atoms with van der Waals surface area (Å²) < 4.78 is 11.8. The van der Waals surface area contributed by atoms with Gasteiger partial charge in [-0.15, -0.1) is 0 Å². The average Bonchev–Trinajstić information content (AvgIpc) is 3.21. The zero-order valence-corrected chi connectivity index (χ0v) is 12.3. The van der Waals surface area contributed by atoms with Crippen LogP contribution in [0.25, 0.3) is 11.0 Å². The summed E-state index contributed by atoms with van der Waals surface area (Å²) in [6, 6.07) is 10.5. The number of benzene rings is 1. The molecule has 1 heterocycles. The van der Waals surface area contributed by atoms with E-state index in [1.807, 2.05) is 25.3 Å². The van der Waals surface area contributed by atoms with E-state index in [0.29, 0.717) is 5.92 Å². The summed E-state index contributed by atoms with van der Waals surface area (Å²) in [5, 5.41) is 4.76. The number of ether oxygens (including phenoxy) is 1. The van der Waals surface area contributed by atoms with Gasteiger partial charge in [0.05, 0.1) is 12.1 Å². The third-order valence-electron chi connectivity index (χ3n) is 4.05. The Labute approximate surface area is 120 Å². The first kappa shape index (κ1) is 13.7. The molecule has 3 rings (SSSR count). The van der Waals surface area contributed by atoms with Crippen LogP contribution in [0, 0.1) is 5.92 Å². The SMILES string of the molecule is CCCNC(c1cc2ccccc2o1)C(OC)C1CC1. The molecule has 0 spiro atoms. The molecule has 1 aromatic carbocycles. The molecule has 0 bridgehead atoms. The maximum absolute atomic E-state index is 6.05. The Bertz CT molecular complexity index is 526. The molecule has 1 aliphatic rings. The highest BCUT2D eigenvalue weighted by atomic mass is 16.5. The van der Waals surface area contributed by atoms with Crippen LogP contribution in [0.3, 0.4) is 0 Å². The number of methoxy groups -OCH3 is 1. The first-order valence-electron chi connectivity index (χ1n) is 7.58. The number of furan rings is 1. The molecular weight excluding hydrogens is 250 g/mol. The fourth-order valence-corrected chi connectivity index (χ4v) is 2.86. The first-order valence-corrected chi connectivity index (χ1v) is 7.58. The van der Waals surface area contributed by atoms with E-state index in [1.165, 1.54) is 12.8 Å². The van der Waals surface area contributed by atoms with E-state index in [1.54, 1.807) is 0 Å². The Morgan fingerprint density at radius 2 is 2.15 bits per heavy atom. The lowest BCUT2D eigenvalue weighted by atomic mass is 10.0. The first-order chi connectivity index (χ1) is 9.83. The molecule has 2 unspecified atom stereocenters. The molecule has 3 nitrogen and oxygen atoms in total. The van der Waals surface area contributed by atoms with Crippen molar-refractivity contribution in [3.63, 3.8) is 0 Å². The lowest BCUT2D eigenvalue weighted by Gasteiger charge is -2.25. The smallest absolute Gasteiger partial charge is 0.134 e. The lowest BCUT2D eigenvalue weighted by molar-refractivity contribution is 0.0445. The molecule has 0 radical (unpaired) electrons. The monoisotopic (exact) mass is 273 g/mol. The van der Waals surface area contributed by atoms with Gasteiger partial charge in [-0.25, -0.2) is 0 Å². The van der Waals surface area contributed by atoms with E-state index in [0.717, 1.165) is 29.7 Å². The molecule has 0 aliphatic heterocycles. The van der Waals surface area contributed by atoms with Gasteiger partial charge in [0.15, 0.2) is 0 Å². The van der Waals surface area contributed by atoms with Crippen LogP contribution in [0.1, 0.15) is 38.0 Å². The fourth-order valence-electron chi connectivity index (χ4n) is 2.86. The summed E-state index contributed by atoms with van der Waals surface area (Å²) in [7, 11) is 1.81. The Balaban J connectivity index is 1.90. The number of hydrogen-bond acceptors (Lipinski definition) is 3. The van der Waals surface area contributed by atoms with Gasteiger partial charge in [0.1, 0.15) is 11.3 Å². The summed E-state index contributed by atoms with van der Waals surface area (Å²) in [6.07, 6.45) is 3.85. The van der Waals surface area contributed by atoms with E-state index in [4.69, 9.17) is 9.15 Å². The van der Waals surface area contributed by atoms with Crippen LogP contribution in [0.4, 0.5) is 0 Å². The van der Waals surface area contributed by atoms with Crippen LogP contribution in [-0.2, 0) is 4.74 Å². The van der Waals surface area contributed by atoms with Crippen molar-refractivity contribution in [2.45, 2.75) is 38.3 Å². The maximum Gasteiger partial charge on any atom is 0.134 e. The molecule has 1 aliphatic carbocycles. The average molecular weight is 273 g/mol. The quantitative estimate of drug-likeness (QED) is 0.831. The van der Waals surface area contributed by atoms with E-state index in [9.17, 15) is 0 Å². The number of para-hydroxylation sites is 1. The van der Waals surface area contributed by atoms with Crippen molar-refractivity contribution in [3.8, 4) is 0 Å². The van der Waals surface area contributed by atoms with Gasteiger partial charge in [-0.1, -0.05) is 25.1 Å². The Kier molecular flexibility index (Phi) is 4.08. The summed E-state index contributed by atoms with van der Waals surface area (Å²) >= 11 is 0. The molecule has 1 saturated carbocycles. The Morgan fingerprint density at radius 3 is 2.80 bits per heavy atom. The van der Waals surface area contributed by atoms with E-state index in [-0.39, 0.29) is 12.1 Å². The third-order valence-corrected chi connectivity index (χ3v) is 4.05. The van der Waals surface area contributed by atoms with Crippen molar-refractivity contribution < 1.29 is 9.15 Å². The maximum atomic E-state index is 6.05. The van der Waals surface area contributed by atoms with Gasteiger partial charge in [-0.2, -0.15) is 0 Å². The van der Waals surface area contributed by atoms with Gasteiger partial charge >= 0.3 is 0 Å². The lowest BCUT2D eigenvalue weighted by Crippen LogP contribution is -2.35. The largest absolute Gasteiger partial charge is 0.459 e. The van der Waals surface area contributed by atoms with Crippen molar-refractivity contribution >= 4 is 11.0 Å². The normalized spacial score (nSPS) is 18.3. The van der Waals surface area contributed by atoms with Gasteiger partial charge in [-0.05, 0) is 43.9 Å². The third kappa shape index (κ3) is 2.74. The highest BCUT2D eigenvalue weighted by Gasteiger charge is 2.38. The number of nitrogens with one attached hydrogen (secondary N) is 1. The second kappa shape index (κ2) is 5.98. The molecule has 1 fully saturated rings. The van der Waals surface area contributed by atoms with Gasteiger partial charge in [0.2, 0.25) is 0 Å². The van der Waals surface area contributed by atoms with Gasteiger partial charge < -0.3 is 14.5 Å². The van der Waals surface area contributed by atoms with Gasteiger partial charge in [-0.3, -0.25) is 0 Å². The molecule has 1 aromatic heterocycles. The number of rotatable bonds is 7. The van der Waals surface area contributed by atoms with Crippen molar-refractivity contribution in [1.82, 2.24) is 5.32 Å². The Hall–Kier alpha value is -1.32. The van der Waals surface area contributed by atoms with Crippen molar-refractivity contribution in [2.75, 3.05) is 13.7 Å². The Morgan fingerprint density at radius 1 is 1.35 bits per heavy atom. The van der Waals surface area contributed by atoms with Gasteiger partial charge in [0.25, 0.3) is 0 Å². The minimum atomic E-state index is 0.153. The topological polar surface area (TPSA) is 34.4 Å². The number of hydrogen-bond donors (Lipinski definition) is 1. The van der Waals surface area contributed by atoms with E-state index in [2.05, 4.69) is 24.4 Å². The summed E-state index contributed by atoms with van der Waals surface area (Å²) in [5.41, 5.74) is 0.955. The summed E-state index contributed by atoms with van der Waals surface area (Å²) in [6.45, 7) is 3.16. The molecule has 2 aromatic rings. The summed E-state index contributed by atoms with van der Waals surface area (Å²) in [4.78, 5) is 0. The standard InChI is InChI=1S/C17H23NO2/c1-3-10-18-16(17(19-2)12-8-9-12)15-11-13-6-4-5-7-14(13)20-15/h4-7,11-12,16-18H,3,8-10H2,1-2H3. The van der Waals surface area contributed by atoms with Crippen LogP contribution >= 0.6 is 0 Å². The summed E-state index contributed by atoms with van der Waals surface area (Å²) in [5.74, 6) is 1.67. The highest BCUT2D eigenvalue weighted by Crippen LogP contribution is 2.40. The van der Waals surface area contributed by atoms with E-state index < -0.39 is 0 Å². The molecule has 3 heteroatoms. The molecule has 0 saturated heterocycles. The molecular formula is C17H23NO2. The molecule has 0 amide bonds. The molecule has 1 N–H and O–H groups in total. The van der Waals surface area contributed by atoms with Crippen LogP contribution in [0.5, 0.6) is 0 Å². The fraction of sp³-hybridized carbons (Fsp3) is 0.529. The molecule has 108 valence electrons. The van der Waals surface area contributed by atoms with Crippen molar-refractivity contribution in [2.24, 2.45) is 5.92 Å².